The summed E-state index contributed by atoms with van der Waals surface area (Å²) < 4.78 is 0. The molecule has 1 saturated carbocycles. The highest BCUT2D eigenvalue weighted by Crippen LogP contribution is 2.38. The van der Waals surface area contributed by atoms with Gasteiger partial charge in [0.05, 0.1) is 0 Å². The lowest BCUT2D eigenvalue weighted by atomic mass is 9.94. The minimum absolute atomic E-state index is 0.553. The van der Waals surface area contributed by atoms with Crippen LogP contribution in [0.5, 0.6) is 0 Å². The Labute approximate surface area is 82.3 Å². The molecule has 0 heterocycles. The van der Waals surface area contributed by atoms with Crippen LogP contribution in [0.25, 0.3) is 0 Å². The maximum atomic E-state index is 5.37. The van der Waals surface area contributed by atoms with Gasteiger partial charge in [-0.1, -0.05) is 13.8 Å². The summed E-state index contributed by atoms with van der Waals surface area (Å²) in [6, 6.07) is 0.553. The second-order valence-corrected chi connectivity index (χ2v) is 4.17. The molecule has 0 aromatic heterocycles. The molecule has 13 heavy (non-hydrogen) atoms. The second kappa shape index (κ2) is 5.29. The minimum atomic E-state index is 0.553. The van der Waals surface area contributed by atoms with Crippen LogP contribution in [0, 0.1) is 24.2 Å². The smallest absolute Gasteiger partial charge is 0.0243 e. The van der Waals surface area contributed by atoms with Crippen molar-refractivity contribution in [2.45, 2.75) is 45.6 Å². The van der Waals surface area contributed by atoms with E-state index in [0.29, 0.717) is 6.04 Å². The number of terminal acetylenes is 1. The zero-order valence-corrected chi connectivity index (χ0v) is 8.84. The van der Waals surface area contributed by atoms with Gasteiger partial charge in [-0.25, -0.2) is 0 Å². The summed E-state index contributed by atoms with van der Waals surface area (Å²) in [5, 5.41) is 3.55. The van der Waals surface area contributed by atoms with Crippen LogP contribution in [0.1, 0.15) is 39.5 Å². The van der Waals surface area contributed by atoms with Crippen molar-refractivity contribution in [3.05, 3.63) is 0 Å². The predicted octanol–water partition coefficient (Wildman–Crippen LogP) is 2.42. The van der Waals surface area contributed by atoms with E-state index in [9.17, 15) is 0 Å². The SMILES string of the molecule is C#CCC(NCCC)C(C)C1CC1. The lowest BCUT2D eigenvalue weighted by Crippen LogP contribution is -2.36. The molecule has 0 aromatic carbocycles. The van der Waals surface area contributed by atoms with E-state index < -0.39 is 0 Å². The summed E-state index contributed by atoms with van der Waals surface area (Å²) in [6.07, 6.45) is 10.3. The van der Waals surface area contributed by atoms with Crippen LogP contribution >= 0.6 is 0 Å². The van der Waals surface area contributed by atoms with Gasteiger partial charge in [-0.2, -0.15) is 0 Å². The van der Waals surface area contributed by atoms with Crippen LogP contribution in [-0.2, 0) is 0 Å². The van der Waals surface area contributed by atoms with Crippen molar-refractivity contribution in [1.82, 2.24) is 5.32 Å². The highest BCUT2D eigenvalue weighted by atomic mass is 14.9. The molecule has 1 aliphatic carbocycles. The number of hydrogen-bond donors (Lipinski definition) is 1. The molecule has 0 saturated heterocycles. The Balaban J connectivity index is 2.31. The van der Waals surface area contributed by atoms with E-state index in [-0.39, 0.29) is 0 Å². The third-order valence-corrected chi connectivity index (χ3v) is 2.99. The van der Waals surface area contributed by atoms with Gasteiger partial charge in [-0.05, 0) is 37.6 Å². The van der Waals surface area contributed by atoms with E-state index in [2.05, 4.69) is 25.1 Å². The average molecular weight is 179 g/mol. The Hall–Kier alpha value is -0.480. The monoisotopic (exact) mass is 179 g/mol. The van der Waals surface area contributed by atoms with Gasteiger partial charge in [0.2, 0.25) is 0 Å². The van der Waals surface area contributed by atoms with Crippen molar-refractivity contribution in [2.75, 3.05) is 6.54 Å². The molecule has 2 unspecified atom stereocenters. The summed E-state index contributed by atoms with van der Waals surface area (Å²) in [7, 11) is 0. The highest BCUT2D eigenvalue weighted by molar-refractivity contribution is 4.95. The molecule has 0 amide bonds. The molecular formula is C12H21N. The lowest BCUT2D eigenvalue weighted by Gasteiger charge is -2.23. The van der Waals surface area contributed by atoms with Gasteiger partial charge >= 0.3 is 0 Å². The van der Waals surface area contributed by atoms with Gasteiger partial charge in [-0.3, -0.25) is 0 Å². The average Bonchev–Trinajstić information content (AvgIpc) is 2.94. The lowest BCUT2D eigenvalue weighted by molar-refractivity contribution is 0.346. The van der Waals surface area contributed by atoms with Crippen LogP contribution in [0.2, 0.25) is 0 Å². The Bertz CT molecular complexity index is 176. The van der Waals surface area contributed by atoms with Crippen LogP contribution in [0.15, 0.2) is 0 Å². The first-order valence-corrected chi connectivity index (χ1v) is 5.46. The molecule has 0 radical (unpaired) electrons. The van der Waals surface area contributed by atoms with Gasteiger partial charge in [0.1, 0.15) is 0 Å². The van der Waals surface area contributed by atoms with Gasteiger partial charge in [0.15, 0.2) is 0 Å². The van der Waals surface area contributed by atoms with E-state index in [4.69, 9.17) is 6.42 Å². The van der Waals surface area contributed by atoms with E-state index in [1.165, 1.54) is 19.3 Å². The van der Waals surface area contributed by atoms with Crippen LogP contribution in [0.4, 0.5) is 0 Å². The Morgan fingerprint density at radius 2 is 2.23 bits per heavy atom. The molecule has 0 aromatic rings. The zero-order valence-electron chi connectivity index (χ0n) is 8.84. The van der Waals surface area contributed by atoms with Crippen molar-refractivity contribution < 1.29 is 0 Å². The van der Waals surface area contributed by atoms with E-state index in [1.54, 1.807) is 0 Å². The first kappa shape index (κ1) is 10.6. The third-order valence-electron chi connectivity index (χ3n) is 2.99. The summed E-state index contributed by atoms with van der Waals surface area (Å²) in [5.74, 6) is 4.49. The molecule has 74 valence electrons. The quantitative estimate of drug-likeness (QED) is 0.617. The number of rotatable bonds is 6. The van der Waals surface area contributed by atoms with Crippen molar-refractivity contribution in [3.63, 3.8) is 0 Å². The maximum Gasteiger partial charge on any atom is 0.0243 e. The molecular weight excluding hydrogens is 158 g/mol. The summed E-state index contributed by atoms with van der Waals surface area (Å²) in [5.41, 5.74) is 0. The van der Waals surface area contributed by atoms with E-state index in [1.807, 2.05) is 0 Å². The molecule has 0 spiro atoms. The van der Waals surface area contributed by atoms with Crippen LogP contribution < -0.4 is 5.32 Å². The Kier molecular flexibility index (Phi) is 4.32. The standard InChI is InChI=1S/C12H21N/c1-4-6-12(13-9-5-2)10(3)11-7-8-11/h1,10-13H,5-9H2,2-3H3. The van der Waals surface area contributed by atoms with E-state index >= 15 is 0 Å². The molecule has 2 atom stereocenters. The van der Waals surface area contributed by atoms with Crippen LogP contribution in [0.3, 0.4) is 0 Å². The Morgan fingerprint density at radius 1 is 1.54 bits per heavy atom. The first-order chi connectivity index (χ1) is 6.29. The maximum absolute atomic E-state index is 5.37. The molecule has 0 aliphatic heterocycles. The van der Waals surface area contributed by atoms with E-state index in [0.717, 1.165) is 24.8 Å². The topological polar surface area (TPSA) is 12.0 Å². The summed E-state index contributed by atoms with van der Waals surface area (Å²) in [6.45, 7) is 5.63. The fourth-order valence-corrected chi connectivity index (χ4v) is 1.85. The molecule has 1 aliphatic rings. The molecule has 1 N–H and O–H groups in total. The molecule has 1 heteroatoms. The van der Waals surface area contributed by atoms with Crippen LogP contribution in [-0.4, -0.2) is 12.6 Å². The molecule has 0 bridgehead atoms. The predicted molar refractivity (Wildman–Crippen MR) is 57.4 cm³/mol. The van der Waals surface area contributed by atoms with Crippen molar-refractivity contribution >= 4 is 0 Å². The highest BCUT2D eigenvalue weighted by Gasteiger charge is 2.32. The number of nitrogens with one attached hydrogen (secondary N) is 1. The second-order valence-electron chi connectivity index (χ2n) is 4.17. The number of hydrogen-bond acceptors (Lipinski definition) is 1. The zero-order chi connectivity index (χ0) is 9.68. The Morgan fingerprint density at radius 3 is 2.69 bits per heavy atom. The van der Waals surface area contributed by atoms with Gasteiger partial charge in [-0.15, -0.1) is 12.3 Å². The normalized spacial score (nSPS) is 20.7. The van der Waals surface area contributed by atoms with Crippen molar-refractivity contribution in [3.8, 4) is 12.3 Å². The fraction of sp³-hybridized carbons (Fsp3) is 0.833. The van der Waals surface area contributed by atoms with Crippen molar-refractivity contribution in [2.24, 2.45) is 11.8 Å². The van der Waals surface area contributed by atoms with Gasteiger partial charge in [0, 0.05) is 12.5 Å². The summed E-state index contributed by atoms with van der Waals surface area (Å²) in [4.78, 5) is 0. The van der Waals surface area contributed by atoms with Gasteiger partial charge in [0.25, 0.3) is 0 Å². The molecule has 1 fully saturated rings. The van der Waals surface area contributed by atoms with Gasteiger partial charge < -0.3 is 5.32 Å². The fourth-order valence-electron chi connectivity index (χ4n) is 1.85. The first-order valence-electron chi connectivity index (χ1n) is 5.46. The summed E-state index contributed by atoms with van der Waals surface area (Å²) >= 11 is 0. The molecule has 1 rings (SSSR count). The molecule has 1 nitrogen and oxygen atoms in total. The third kappa shape index (κ3) is 3.40. The minimum Gasteiger partial charge on any atom is -0.313 e. The van der Waals surface area contributed by atoms with Crippen molar-refractivity contribution in [1.29, 1.82) is 0 Å². The largest absolute Gasteiger partial charge is 0.313 e.